The number of hydrogen-bond donors (Lipinski definition) is 0. The zero-order valence-corrected chi connectivity index (χ0v) is 10.8. The lowest BCUT2D eigenvalue weighted by Gasteiger charge is -2.25. The molecule has 16 heavy (non-hydrogen) atoms. The van der Waals surface area contributed by atoms with Gasteiger partial charge in [0.1, 0.15) is 5.78 Å². The zero-order chi connectivity index (χ0) is 12.2. The van der Waals surface area contributed by atoms with Gasteiger partial charge in [0.25, 0.3) is 0 Å². The highest BCUT2D eigenvalue weighted by molar-refractivity contribution is 5.89. The quantitative estimate of drug-likeness (QED) is 0.731. The van der Waals surface area contributed by atoms with Crippen LogP contribution in [-0.4, -0.2) is 5.78 Å². The summed E-state index contributed by atoms with van der Waals surface area (Å²) >= 11 is 0. The summed E-state index contributed by atoms with van der Waals surface area (Å²) in [5.74, 6) is 0.823. The van der Waals surface area contributed by atoms with Crippen LogP contribution in [-0.2, 0) is 10.2 Å². The summed E-state index contributed by atoms with van der Waals surface area (Å²) in [6.07, 6.45) is 1.75. The number of hydrogen-bond acceptors (Lipinski definition) is 1. The van der Waals surface area contributed by atoms with Crippen LogP contribution in [0.2, 0.25) is 0 Å². The topological polar surface area (TPSA) is 17.1 Å². The molecule has 0 N–H and O–H groups in total. The fraction of sp³-hybridized carbons (Fsp3) is 0.533. The van der Waals surface area contributed by atoms with Crippen LogP contribution in [0.1, 0.15) is 46.1 Å². The highest BCUT2D eigenvalue weighted by Gasteiger charge is 2.29. The van der Waals surface area contributed by atoms with Gasteiger partial charge in [0, 0.05) is 11.8 Å². The highest BCUT2D eigenvalue weighted by Crippen LogP contribution is 2.27. The molecule has 1 unspecified atom stereocenters. The lowest BCUT2D eigenvalue weighted by Crippen LogP contribution is -2.30. The van der Waals surface area contributed by atoms with Gasteiger partial charge in [0.2, 0.25) is 0 Å². The predicted octanol–water partition coefficient (Wildman–Crippen LogP) is 3.97. The number of carbonyl (C=O) groups excluding carboxylic acids is 1. The molecule has 0 aliphatic carbocycles. The van der Waals surface area contributed by atoms with Crippen LogP contribution in [0.25, 0.3) is 0 Å². The molecule has 1 aromatic carbocycles. The van der Waals surface area contributed by atoms with Crippen molar-refractivity contribution in [1.29, 1.82) is 0 Å². The van der Waals surface area contributed by atoms with Gasteiger partial charge in [-0.15, -0.1) is 0 Å². The van der Waals surface area contributed by atoms with Crippen molar-refractivity contribution in [2.75, 3.05) is 0 Å². The number of rotatable bonds is 5. The van der Waals surface area contributed by atoms with Crippen LogP contribution >= 0.6 is 0 Å². The maximum atomic E-state index is 12.2. The van der Waals surface area contributed by atoms with Crippen molar-refractivity contribution in [3.63, 3.8) is 0 Å². The van der Waals surface area contributed by atoms with Gasteiger partial charge < -0.3 is 0 Å². The van der Waals surface area contributed by atoms with E-state index < -0.39 is 0 Å². The highest BCUT2D eigenvalue weighted by atomic mass is 16.1. The third-order valence-corrected chi connectivity index (χ3v) is 3.42. The molecule has 0 heterocycles. The maximum Gasteiger partial charge on any atom is 0.143 e. The van der Waals surface area contributed by atoms with Crippen molar-refractivity contribution in [3.8, 4) is 0 Å². The lowest BCUT2D eigenvalue weighted by atomic mass is 9.77. The molecule has 0 radical (unpaired) electrons. The molecule has 0 aliphatic heterocycles. The molecule has 0 aliphatic rings. The summed E-state index contributed by atoms with van der Waals surface area (Å²) < 4.78 is 0. The second-order valence-corrected chi connectivity index (χ2v) is 5.13. The molecular weight excluding hydrogens is 196 g/mol. The first-order valence-electron chi connectivity index (χ1n) is 6.07. The molecule has 0 fully saturated rings. The van der Waals surface area contributed by atoms with E-state index in [1.807, 2.05) is 44.2 Å². The summed E-state index contributed by atoms with van der Waals surface area (Å²) in [5, 5.41) is 0. The molecule has 0 amide bonds. The van der Waals surface area contributed by atoms with Crippen molar-refractivity contribution in [1.82, 2.24) is 0 Å². The fourth-order valence-corrected chi connectivity index (χ4v) is 1.73. The number of Topliss-reactive ketones (excluding diaryl/α,β-unsaturated/α-hetero) is 1. The van der Waals surface area contributed by atoms with E-state index in [0.717, 1.165) is 12.0 Å². The van der Waals surface area contributed by atoms with E-state index in [1.54, 1.807) is 0 Å². The first kappa shape index (κ1) is 13.0. The van der Waals surface area contributed by atoms with Crippen LogP contribution in [0.5, 0.6) is 0 Å². The van der Waals surface area contributed by atoms with Crippen molar-refractivity contribution in [3.05, 3.63) is 35.9 Å². The minimum absolute atomic E-state index is 0.341. The molecule has 1 rings (SSSR count). The number of benzene rings is 1. The molecule has 0 spiro atoms. The van der Waals surface area contributed by atoms with Crippen LogP contribution in [0.4, 0.5) is 0 Å². The Morgan fingerprint density at radius 2 is 1.81 bits per heavy atom. The Hall–Kier alpha value is -1.11. The molecule has 1 atom stereocenters. The monoisotopic (exact) mass is 218 g/mol. The fourth-order valence-electron chi connectivity index (χ4n) is 1.73. The summed E-state index contributed by atoms with van der Waals surface area (Å²) in [5.41, 5.74) is 0.758. The largest absolute Gasteiger partial charge is 0.299 e. The van der Waals surface area contributed by atoms with Gasteiger partial charge in [-0.05, 0) is 25.3 Å². The summed E-state index contributed by atoms with van der Waals surface area (Å²) in [7, 11) is 0. The molecule has 1 heteroatoms. The molecule has 0 saturated heterocycles. The minimum Gasteiger partial charge on any atom is -0.299 e. The first-order chi connectivity index (χ1) is 7.48. The standard InChI is InChI=1S/C15H22O/c1-5-12(2)11-14(16)15(3,4)13-9-7-6-8-10-13/h6-10,12H,5,11H2,1-4H3. The molecule has 1 nitrogen and oxygen atoms in total. The average Bonchev–Trinajstić information content (AvgIpc) is 2.29. The van der Waals surface area contributed by atoms with Crippen molar-refractivity contribution < 1.29 is 4.79 Å². The van der Waals surface area contributed by atoms with Gasteiger partial charge in [-0.1, -0.05) is 50.6 Å². The molecule has 88 valence electrons. The molecule has 1 aromatic rings. The van der Waals surface area contributed by atoms with Crippen molar-refractivity contribution >= 4 is 5.78 Å². The van der Waals surface area contributed by atoms with Crippen molar-refractivity contribution in [2.24, 2.45) is 5.92 Å². The van der Waals surface area contributed by atoms with E-state index in [9.17, 15) is 4.79 Å². The molecule has 0 aromatic heterocycles. The van der Waals surface area contributed by atoms with Gasteiger partial charge in [0.15, 0.2) is 0 Å². The van der Waals surface area contributed by atoms with Gasteiger partial charge in [-0.2, -0.15) is 0 Å². The molecular formula is C15H22O. The Bertz CT molecular complexity index is 338. The van der Waals surface area contributed by atoms with Crippen LogP contribution in [0.15, 0.2) is 30.3 Å². The summed E-state index contributed by atoms with van der Waals surface area (Å²) in [6, 6.07) is 10.0. The van der Waals surface area contributed by atoms with Gasteiger partial charge in [-0.25, -0.2) is 0 Å². The van der Waals surface area contributed by atoms with Crippen molar-refractivity contribution in [2.45, 2.75) is 46.0 Å². The second kappa shape index (κ2) is 5.29. The molecule has 0 bridgehead atoms. The van der Waals surface area contributed by atoms with Gasteiger partial charge in [0.05, 0.1) is 0 Å². The van der Waals surface area contributed by atoms with E-state index in [2.05, 4.69) is 13.8 Å². The predicted molar refractivity (Wildman–Crippen MR) is 68.5 cm³/mol. The van der Waals surface area contributed by atoms with E-state index in [-0.39, 0.29) is 5.41 Å². The summed E-state index contributed by atoms with van der Waals surface area (Å²) in [4.78, 5) is 12.2. The summed E-state index contributed by atoms with van der Waals surface area (Å²) in [6.45, 7) is 8.31. The molecule has 0 saturated carbocycles. The first-order valence-corrected chi connectivity index (χ1v) is 6.07. The smallest absolute Gasteiger partial charge is 0.143 e. The number of ketones is 1. The van der Waals surface area contributed by atoms with Gasteiger partial charge in [-0.3, -0.25) is 4.79 Å². The van der Waals surface area contributed by atoms with Crippen LogP contribution in [0, 0.1) is 5.92 Å². The van der Waals surface area contributed by atoms with E-state index in [1.165, 1.54) is 0 Å². The SMILES string of the molecule is CCC(C)CC(=O)C(C)(C)c1ccccc1. The third-order valence-electron chi connectivity index (χ3n) is 3.42. The average molecular weight is 218 g/mol. The Morgan fingerprint density at radius 3 is 2.31 bits per heavy atom. The van der Waals surface area contributed by atoms with Gasteiger partial charge >= 0.3 is 0 Å². The Kier molecular flexibility index (Phi) is 4.28. The Morgan fingerprint density at radius 1 is 1.25 bits per heavy atom. The Balaban J connectivity index is 2.82. The lowest BCUT2D eigenvalue weighted by molar-refractivity contribution is -0.124. The zero-order valence-electron chi connectivity index (χ0n) is 10.8. The van der Waals surface area contributed by atoms with E-state index in [4.69, 9.17) is 0 Å². The minimum atomic E-state index is -0.356. The maximum absolute atomic E-state index is 12.2. The normalized spacial score (nSPS) is 13.5. The van der Waals surface area contributed by atoms with E-state index in [0.29, 0.717) is 18.1 Å². The van der Waals surface area contributed by atoms with Crippen LogP contribution in [0.3, 0.4) is 0 Å². The Labute approximate surface area is 98.9 Å². The number of carbonyl (C=O) groups is 1. The third kappa shape index (κ3) is 2.94. The second-order valence-electron chi connectivity index (χ2n) is 5.13. The van der Waals surface area contributed by atoms with E-state index >= 15 is 0 Å². The van der Waals surface area contributed by atoms with Crippen LogP contribution < -0.4 is 0 Å².